The summed E-state index contributed by atoms with van der Waals surface area (Å²) in [4.78, 5) is 11.5. The number of hydrogen-bond acceptors (Lipinski definition) is 4. The summed E-state index contributed by atoms with van der Waals surface area (Å²) in [6.07, 6.45) is -0.502. The second-order valence-corrected chi connectivity index (χ2v) is 4.12. The van der Waals surface area contributed by atoms with E-state index in [2.05, 4.69) is 5.32 Å². The number of amides is 1. The summed E-state index contributed by atoms with van der Waals surface area (Å²) in [5.74, 6) is 1.19. The molecule has 0 saturated heterocycles. The molecule has 2 aromatic rings. The van der Waals surface area contributed by atoms with Gasteiger partial charge in [0.05, 0.1) is 12.1 Å². The first kappa shape index (κ1) is 15.0. The molecule has 1 aromatic carbocycles. The Morgan fingerprint density at radius 3 is 2.39 bits per heavy atom. The Morgan fingerprint density at radius 1 is 1.17 bits per heavy atom. The van der Waals surface area contributed by atoms with Gasteiger partial charge in [-0.15, -0.1) is 11.3 Å². The van der Waals surface area contributed by atoms with Crippen LogP contribution < -0.4 is 14.8 Å². The molecule has 6 heteroatoms. The van der Waals surface area contributed by atoms with Crippen molar-refractivity contribution in [2.45, 2.75) is 0 Å². The third kappa shape index (κ3) is 4.34. The Balaban J connectivity index is 0.00000162. The Labute approximate surface area is 131 Å². The van der Waals surface area contributed by atoms with Crippen LogP contribution in [-0.4, -0.2) is 42.8 Å². The molecule has 1 aromatic heterocycles. The van der Waals surface area contributed by atoms with Crippen molar-refractivity contribution in [3.63, 3.8) is 0 Å². The quantitative estimate of drug-likeness (QED) is 0.874. The molecule has 0 fully saturated rings. The number of ether oxygens (including phenoxy) is 2. The van der Waals surface area contributed by atoms with Crippen molar-refractivity contribution in [3.8, 4) is 11.5 Å². The Morgan fingerprint density at radius 2 is 1.83 bits per heavy atom. The zero-order valence-electron chi connectivity index (χ0n) is 10.2. The molecule has 4 nitrogen and oxygen atoms in total. The van der Waals surface area contributed by atoms with E-state index in [0.717, 1.165) is 10.8 Å². The van der Waals surface area contributed by atoms with Crippen LogP contribution >= 0.6 is 11.3 Å². The summed E-state index contributed by atoms with van der Waals surface area (Å²) in [7, 11) is 1.58. The zero-order valence-corrected chi connectivity index (χ0v) is 13.0. The minimum atomic E-state index is -0.502. The predicted molar refractivity (Wildman–Crippen MR) is 72.7 cm³/mol. The minimum absolute atomic E-state index is 0. The second kappa shape index (κ2) is 7.43. The number of carbonyl (C=O) groups is 1. The van der Waals surface area contributed by atoms with Crippen LogP contribution in [0.1, 0.15) is 0 Å². The number of anilines is 1. The van der Waals surface area contributed by atoms with Gasteiger partial charge in [0.2, 0.25) is 0 Å². The zero-order chi connectivity index (χ0) is 12.1. The van der Waals surface area contributed by atoms with Crippen molar-refractivity contribution in [3.05, 3.63) is 41.8 Å². The summed E-state index contributed by atoms with van der Waals surface area (Å²) in [5.41, 5.74) is 0. The van der Waals surface area contributed by atoms with E-state index in [1.54, 1.807) is 37.4 Å². The minimum Gasteiger partial charge on any atom is -0.497 e. The molecule has 0 spiro atoms. The molecule has 0 aliphatic carbocycles. The van der Waals surface area contributed by atoms with Gasteiger partial charge in [0, 0.05) is 29.6 Å². The molecule has 0 aliphatic rings. The summed E-state index contributed by atoms with van der Waals surface area (Å²) in [5, 5.41) is 5.26. The van der Waals surface area contributed by atoms with Gasteiger partial charge in [-0.3, -0.25) is 5.32 Å². The normalized spacial score (nSPS) is 9.17. The van der Waals surface area contributed by atoms with E-state index in [1.165, 1.54) is 11.3 Å². The number of hydrogen-bond donors (Lipinski definition) is 1. The first-order valence-electron chi connectivity index (χ1n) is 4.94. The van der Waals surface area contributed by atoms with Gasteiger partial charge in [-0.2, -0.15) is 0 Å². The van der Waals surface area contributed by atoms with Crippen molar-refractivity contribution >= 4 is 52.0 Å². The number of thiophene rings is 1. The fraction of sp³-hybridized carbons (Fsp3) is 0.0833. The maximum atomic E-state index is 11.5. The van der Waals surface area contributed by atoms with Gasteiger partial charge in [0.15, 0.2) is 0 Å². The molecule has 1 amide bonds. The molecule has 1 heterocycles. The van der Waals surface area contributed by atoms with Crippen LogP contribution in [0, 0.1) is 0 Å². The average Bonchev–Trinajstić information content (AvgIpc) is 2.82. The van der Waals surface area contributed by atoms with Crippen molar-refractivity contribution in [1.29, 1.82) is 0 Å². The smallest absolute Gasteiger partial charge is 0.417 e. The SMILES string of the molecule is COc1ccc(OC(=O)Nc2cccs2)cc1.[Na]. The van der Waals surface area contributed by atoms with Gasteiger partial charge in [0.1, 0.15) is 11.5 Å². The molecule has 0 atom stereocenters. The number of nitrogens with one attached hydrogen (secondary N) is 1. The summed E-state index contributed by atoms with van der Waals surface area (Å²) in [6, 6.07) is 10.5. The molecule has 0 bridgehead atoms. The summed E-state index contributed by atoms with van der Waals surface area (Å²) >= 11 is 1.44. The van der Waals surface area contributed by atoms with E-state index < -0.39 is 6.09 Å². The molecule has 89 valence electrons. The van der Waals surface area contributed by atoms with Crippen LogP contribution in [0.2, 0.25) is 0 Å². The third-order valence-corrected chi connectivity index (χ3v) is 2.80. The van der Waals surface area contributed by atoms with E-state index in [9.17, 15) is 4.79 Å². The van der Waals surface area contributed by atoms with Crippen LogP contribution in [0.5, 0.6) is 11.5 Å². The molecule has 0 saturated carbocycles. The van der Waals surface area contributed by atoms with Crippen LogP contribution in [-0.2, 0) is 0 Å². The maximum absolute atomic E-state index is 11.5. The molecular formula is C12H11NNaO3S. The number of benzene rings is 1. The van der Waals surface area contributed by atoms with Gasteiger partial charge >= 0.3 is 6.09 Å². The van der Waals surface area contributed by atoms with E-state index in [1.807, 2.05) is 11.4 Å². The van der Waals surface area contributed by atoms with Gasteiger partial charge < -0.3 is 9.47 Å². The fourth-order valence-corrected chi connectivity index (χ4v) is 1.83. The van der Waals surface area contributed by atoms with Crippen molar-refractivity contribution < 1.29 is 14.3 Å². The molecule has 0 aliphatic heterocycles. The molecule has 0 unspecified atom stereocenters. The maximum Gasteiger partial charge on any atom is 0.417 e. The number of rotatable bonds is 3. The fourth-order valence-electron chi connectivity index (χ4n) is 1.23. The van der Waals surface area contributed by atoms with Gasteiger partial charge in [-0.1, -0.05) is 0 Å². The third-order valence-electron chi connectivity index (χ3n) is 2.02. The monoisotopic (exact) mass is 272 g/mol. The topological polar surface area (TPSA) is 47.6 Å². The predicted octanol–water partition coefficient (Wildman–Crippen LogP) is 2.99. The van der Waals surface area contributed by atoms with Gasteiger partial charge in [-0.05, 0) is 41.8 Å². The van der Waals surface area contributed by atoms with Crippen LogP contribution in [0.15, 0.2) is 41.8 Å². The first-order chi connectivity index (χ1) is 8.28. The summed E-state index contributed by atoms with van der Waals surface area (Å²) in [6.45, 7) is 0. The van der Waals surface area contributed by atoms with E-state index in [4.69, 9.17) is 9.47 Å². The van der Waals surface area contributed by atoms with E-state index in [0.29, 0.717) is 5.75 Å². The Hall–Kier alpha value is -1.01. The van der Waals surface area contributed by atoms with Crippen LogP contribution in [0.25, 0.3) is 0 Å². The first-order valence-corrected chi connectivity index (χ1v) is 5.82. The van der Waals surface area contributed by atoms with Crippen LogP contribution in [0.3, 0.4) is 0 Å². The standard InChI is InChI=1S/C12H11NO3S.Na/c1-15-9-4-6-10(7-5-9)16-12(14)13-11-3-2-8-17-11;/h2-8H,1H3,(H,13,14);. The Bertz CT molecular complexity index is 485. The molecular weight excluding hydrogens is 261 g/mol. The largest absolute Gasteiger partial charge is 0.497 e. The molecule has 18 heavy (non-hydrogen) atoms. The van der Waals surface area contributed by atoms with Crippen LogP contribution in [0.4, 0.5) is 9.80 Å². The van der Waals surface area contributed by atoms with Crippen molar-refractivity contribution in [2.24, 2.45) is 0 Å². The number of methoxy groups -OCH3 is 1. The average molecular weight is 272 g/mol. The molecule has 1 N–H and O–H groups in total. The van der Waals surface area contributed by atoms with E-state index >= 15 is 0 Å². The number of carbonyl (C=O) groups excluding carboxylic acids is 1. The second-order valence-electron chi connectivity index (χ2n) is 3.17. The van der Waals surface area contributed by atoms with Gasteiger partial charge in [0.25, 0.3) is 0 Å². The molecule has 1 radical (unpaired) electrons. The van der Waals surface area contributed by atoms with E-state index in [-0.39, 0.29) is 29.6 Å². The van der Waals surface area contributed by atoms with Gasteiger partial charge in [-0.25, -0.2) is 4.79 Å². The Kier molecular flexibility index (Phi) is 6.21. The summed E-state index contributed by atoms with van der Waals surface area (Å²) < 4.78 is 10.1. The van der Waals surface area contributed by atoms with Crippen molar-refractivity contribution in [2.75, 3.05) is 12.4 Å². The van der Waals surface area contributed by atoms with Crippen molar-refractivity contribution in [1.82, 2.24) is 0 Å². The molecule has 2 rings (SSSR count).